The summed E-state index contributed by atoms with van der Waals surface area (Å²) in [5.41, 5.74) is 0. The minimum absolute atomic E-state index is 0.106. The summed E-state index contributed by atoms with van der Waals surface area (Å²) in [6, 6.07) is 0. The molecule has 0 saturated carbocycles. The Labute approximate surface area is 537 Å². The van der Waals surface area contributed by atoms with Crippen molar-refractivity contribution in [2.24, 2.45) is 11.8 Å². The Kier molecular flexibility index (Phi) is 59.9. The molecule has 0 aliphatic rings. The molecule has 0 fully saturated rings. The van der Waals surface area contributed by atoms with Crippen LogP contribution in [0, 0.1) is 11.8 Å². The van der Waals surface area contributed by atoms with E-state index in [1.54, 1.807) is 0 Å². The Bertz CT molecular complexity index is 1720. The summed E-state index contributed by atoms with van der Waals surface area (Å²) in [7, 11) is -9.89. The minimum Gasteiger partial charge on any atom is -0.462 e. The Morgan fingerprint density at radius 1 is 0.307 bits per heavy atom. The molecule has 17 nitrogen and oxygen atoms in total. The molecule has 0 saturated heterocycles. The number of aliphatic hydroxyl groups excluding tert-OH is 1. The molecule has 0 radical (unpaired) electrons. The second-order valence-corrected chi connectivity index (χ2v) is 28.8. The molecule has 2 unspecified atom stereocenters. The standard InChI is InChI=1S/C69H134O17P2/c1-7-9-11-13-15-25-33-39-45-51-66(71)79-57-64(85-68(73)53-47-41-35-26-16-14-12-10-8-2)59-83-87(75,76)81-55-63(70)56-82-88(77,78)84-60-65(58-80-67(72)52-46-40-34-30-29-32-38-44-50-62(5)6)86-69(74)54-48-42-36-28-24-22-20-18-17-19-21-23-27-31-37-43-49-61(3)4/h61-65,70H,7-60H2,1-6H3,(H,75,76)(H,77,78)/t63-,64+,65+/m0/s1. The maximum atomic E-state index is 13.0. The van der Waals surface area contributed by atoms with Crippen LogP contribution in [-0.2, 0) is 65.4 Å². The van der Waals surface area contributed by atoms with Gasteiger partial charge >= 0.3 is 39.5 Å². The van der Waals surface area contributed by atoms with Crippen molar-refractivity contribution in [3.05, 3.63) is 0 Å². The van der Waals surface area contributed by atoms with Gasteiger partial charge in [-0.3, -0.25) is 37.3 Å². The molecule has 0 amide bonds. The average Bonchev–Trinajstić information content (AvgIpc) is 3.62. The molecule has 19 heteroatoms. The van der Waals surface area contributed by atoms with Crippen molar-refractivity contribution in [2.75, 3.05) is 39.6 Å². The molecule has 3 N–H and O–H groups in total. The van der Waals surface area contributed by atoms with Crippen LogP contribution in [0.25, 0.3) is 0 Å². The van der Waals surface area contributed by atoms with Crippen LogP contribution in [0.4, 0.5) is 0 Å². The molecule has 0 rings (SSSR count). The first kappa shape index (κ1) is 86.1. The van der Waals surface area contributed by atoms with Crippen molar-refractivity contribution in [3.63, 3.8) is 0 Å². The lowest BCUT2D eigenvalue weighted by Crippen LogP contribution is -2.30. The van der Waals surface area contributed by atoms with Gasteiger partial charge in [0.1, 0.15) is 19.3 Å². The number of ether oxygens (including phenoxy) is 4. The monoisotopic (exact) mass is 1300 g/mol. The number of phosphoric acid groups is 2. The maximum absolute atomic E-state index is 13.0. The molecule has 0 aliphatic carbocycles. The molecule has 0 bridgehead atoms. The van der Waals surface area contributed by atoms with E-state index in [0.717, 1.165) is 102 Å². The lowest BCUT2D eigenvalue weighted by molar-refractivity contribution is -0.161. The zero-order valence-electron chi connectivity index (χ0n) is 57.0. The van der Waals surface area contributed by atoms with Crippen LogP contribution in [0.1, 0.15) is 350 Å². The third kappa shape index (κ3) is 62.8. The Balaban J connectivity index is 5.17. The fraction of sp³-hybridized carbons (Fsp3) is 0.942. The molecular formula is C69H134O17P2. The van der Waals surface area contributed by atoms with Crippen molar-refractivity contribution in [1.82, 2.24) is 0 Å². The number of rotatable bonds is 68. The highest BCUT2D eigenvalue weighted by Gasteiger charge is 2.30. The molecule has 5 atom stereocenters. The molecule has 88 heavy (non-hydrogen) atoms. The average molecular weight is 1300 g/mol. The molecule has 0 aliphatic heterocycles. The molecular weight excluding hydrogens is 1160 g/mol. The van der Waals surface area contributed by atoms with Crippen LogP contribution in [0.3, 0.4) is 0 Å². The van der Waals surface area contributed by atoms with E-state index in [1.165, 1.54) is 167 Å². The topological polar surface area (TPSA) is 237 Å². The van der Waals surface area contributed by atoms with Gasteiger partial charge < -0.3 is 33.8 Å². The molecule has 0 aromatic heterocycles. The Morgan fingerprint density at radius 2 is 0.523 bits per heavy atom. The fourth-order valence-electron chi connectivity index (χ4n) is 10.4. The van der Waals surface area contributed by atoms with E-state index in [-0.39, 0.29) is 25.7 Å². The highest BCUT2D eigenvalue weighted by atomic mass is 31.2. The van der Waals surface area contributed by atoms with Crippen molar-refractivity contribution in [3.8, 4) is 0 Å². The summed E-state index contributed by atoms with van der Waals surface area (Å²) < 4.78 is 68.1. The predicted octanol–water partition coefficient (Wildman–Crippen LogP) is 19.6. The number of aliphatic hydroxyl groups is 1. The van der Waals surface area contributed by atoms with Gasteiger partial charge in [0.05, 0.1) is 26.4 Å². The van der Waals surface area contributed by atoms with Crippen LogP contribution >= 0.6 is 15.6 Å². The van der Waals surface area contributed by atoms with Gasteiger partial charge in [-0.05, 0) is 37.5 Å². The SMILES string of the molecule is CCCCCCCCCCCC(=O)OC[C@H](COP(=O)(O)OC[C@H](O)COP(=O)(O)OC[C@@H](COC(=O)CCCCCCCCCCC(C)C)OC(=O)CCCCCCCCCCCCCCCCCCC(C)C)OC(=O)CCCCCCCCCCC. The van der Waals surface area contributed by atoms with Gasteiger partial charge in [0.15, 0.2) is 12.2 Å². The van der Waals surface area contributed by atoms with Crippen molar-refractivity contribution in [1.29, 1.82) is 0 Å². The number of esters is 4. The van der Waals surface area contributed by atoms with E-state index >= 15 is 0 Å². The second kappa shape index (κ2) is 61.3. The van der Waals surface area contributed by atoms with Crippen LogP contribution < -0.4 is 0 Å². The summed E-state index contributed by atoms with van der Waals surface area (Å²) in [6.45, 7) is 9.50. The van der Waals surface area contributed by atoms with Gasteiger partial charge in [0, 0.05) is 25.7 Å². The third-order valence-corrected chi connectivity index (χ3v) is 17.9. The first-order valence-electron chi connectivity index (χ1n) is 36.0. The van der Waals surface area contributed by atoms with E-state index in [4.69, 9.17) is 37.0 Å². The summed E-state index contributed by atoms with van der Waals surface area (Å²) in [5.74, 6) is -0.593. The number of phosphoric ester groups is 2. The van der Waals surface area contributed by atoms with Gasteiger partial charge in [-0.15, -0.1) is 0 Å². The number of carbonyl (C=O) groups is 4. The Hall–Kier alpha value is -1.94. The lowest BCUT2D eigenvalue weighted by atomic mass is 10.0. The first-order valence-corrected chi connectivity index (χ1v) is 39.0. The fourth-order valence-corrected chi connectivity index (χ4v) is 12.0. The van der Waals surface area contributed by atoms with Gasteiger partial charge in [-0.1, -0.05) is 298 Å². The molecule has 0 spiro atoms. The van der Waals surface area contributed by atoms with E-state index in [2.05, 4.69) is 41.5 Å². The smallest absolute Gasteiger partial charge is 0.462 e. The number of unbranched alkanes of at least 4 members (excludes halogenated alkanes) is 38. The van der Waals surface area contributed by atoms with Gasteiger partial charge in [-0.2, -0.15) is 0 Å². The van der Waals surface area contributed by atoms with Gasteiger partial charge in [0.25, 0.3) is 0 Å². The summed E-state index contributed by atoms with van der Waals surface area (Å²) >= 11 is 0. The highest BCUT2D eigenvalue weighted by Crippen LogP contribution is 2.45. The highest BCUT2D eigenvalue weighted by molar-refractivity contribution is 7.47. The van der Waals surface area contributed by atoms with E-state index < -0.39 is 97.5 Å². The molecule has 0 heterocycles. The summed E-state index contributed by atoms with van der Waals surface area (Å²) in [4.78, 5) is 72.3. The van der Waals surface area contributed by atoms with Gasteiger partial charge in [-0.25, -0.2) is 9.13 Å². The Morgan fingerprint density at radius 3 is 0.773 bits per heavy atom. The molecule has 0 aromatic rings. The number of hydrogen-bond donors (Lipinski definition) is 3. The predicted molar refractivity (Wildman–Crippen MR) is 354 cm³/mol. The van der Waals surface area contributed by atoms with E-state index in [1.807, 2.05) is 0 Å². The third-order valence-electron chi connectivity index (χ3n) is 16.0. The zero-order chi connectivity index (χ0) is 65.0. The quantitative estimate of drug-likeness (QED) is 0.0222. The molecule has 522 valence electrons. The second-order valence-electron chi connectivity index (χ2n) is 25.9. The number of hydrogen-bond acceptors (Lipinski definition) is 15. The normalized spacial score (nSPS) is 14.2. The maximum Gasteiger partial charge on any atom is 0.472 e. The summed E-state index contributed by atoms with van der Waals surface area (Å²) in [5, 5.41) is 10.6. The van der Waals surface area contributed by atoms with Crippen molar-refractivity contribution in [2.45, 2.75) is 368 Å². The number of carbonyl (C=O) groups excluding carboxylic acids is 4. The zero-order valence-corrected chi connectivity index (χ0v) is 58.8. The minimum atomic E-state index is -4.95. The van der Waals surface area contributed by atoms with Crippen molar-refractivity contribution < 1.29 is 80.2 Å². The lowest BCUT2D eigenvalue weighted by Gasteiger charge is -2.21. The van der Waals surface area contributed by atoms with Crippen LogP contribution in [0.15, 0.2) is 0 Å². The largest absolute Gasteiger partial charge is 0.472 e. The van der Waals surface area contributed by atoms with Crippen LogP contribution in [0.5, 0.6) is 0 Å². The van der Waals surface area contributed by atoms with E-state index in [9.17, 15) is 43.2 Å². The van der Waals surface area contributed by atoms with Crippen molar-refractivity contribution >= 4 is 39.5 Å². The van der Waals surface area contributed by atoms with Crippen LogP contribution in [-0.4, -0.2) is 96.7 Å². The molecule has 0 aromatic carbocycles. The summed E-state index contributed by atoms with van der Waals surface area (Å²) in [6.07, 6.45) is 45.9. The van der Waals surface area contributed by atoms with E-state index in [0.29, 0.717) is 25.7 Å². The van der Waals surface area contributed by atoms with Gasteiger partial charge in [0.2, 0.25) is 0 Å². The van der Waals surface area contributed by atoms with Crippen LogP contribution in [0.2, 0.25) is 0 Å². The first-order chi connectivity index (χ1) is 42.4.